The Labute approximate surface area is 98.0 Å². The Kier molecular flexibility index (Phi) is 2.98. The van der Waals surface area contributed by atoms with Gasteiger partial charge in [-0.1, -0.05) is 24.3 Å². The Morgan fingerprint density at radius 2 is 1.76 bits per heavy atom. The maximum Gasteiger partial charge on any atom is 0.285 e. The third kappa shape index (κ3) is 1.96. The average molecular weight is 237 g/mol. The summed E-state index contributed by atoms with van der Waals surface area (Å²) in [5.74, 6) is -2.44. The topological polar surface area (TPSA) is 35.2 Å². The Hall–Kier alpha value is -1.68. The average Bonchev–Trinajstić information content (AvgIpc) is 2.37. The molecule has 0 radical (unpaired) electrons. The molecule has 0 saturated carbocycles. The zero-order valence-electron chi connectivity index (χ0n) is 9.41. The van der Waals surface area contributed by atoms with Crippen LogP contribution < -0.4 is 10.5 Å². The molecule has 2 aromatic carbocycles. The van der Waals surface area contributed by atoms with Crippen molar-refractivity contribution in [3.63, 3.8) is 0 Å². The van der Waals surface area contributed by atoms with Crippen molar-refractivity contribution in [1.29, 1.82) is 0 Å². The number of hydrogen-bond acceptors (Lipinski definition) is 2. The highest BCUT2D eigenvalue weighted by molar-refractivity contribution is 5.91. The van der Waals surface area contributed by atoms with Crippen LogP contribution in [0.4, 0.5) is 8.78 Å². The second-order valence-electron chi connectivity index (χ2n) is 3.77. The van der Waals surface area contributed by atoms with E-state index in [2.05, 4.69) is 0 Å². The van der Waals surface area contributed by atoms with Gasteiger partial charge in [-0.3, -0.25) is 0 Å². The normalized spacial score (nSPS) is 11.8. The van der Waals surface area contributed by atoms with Crippen LogP contribution in [0.25, 0.3) is 10.8 Å². The molecule has 0 amide bonds. The Bertz CT molecular complexity index is 540. The first-order chi connectivity index (χ1) is 8.10. The summed E-state index contributed by atoms with van der Waals surface area (Å²) in [6.07, 6.45) is 0. The number of hydrogen-bond donors (Lipinski definition) is 1. The molecule has 2 N–H and O–H groups in total. The molecule has 0 bridgehead atoms. The third-order valence-electron chi connectivity index (χ3n) is 2.75. The molecular weight excluding hydrogens is 224 g/mol. The van der Waals surface area contributed by atoms with E-state index >= 15 is 0 Å². The van der Waals surface area contributed by atoms with Gasteiger partial charge in [-0.05, 0) is 17.5 Å². The van der Waals surface area contributed by atoms with E-state index in [-0.39, 0.29) is 5.56 Å². The zero-order chi connectivity index (χ0) is 12.5. The van der Waals surface area contributed by atoms with Gasteiger partial charge in [0, 0.05) is 10.9 Å². The summed E-state index contributed by atoms with van der Waals surface area (Å²) in [6.45, 7) is -0.705. The molecule has 2 nitrogen and oxygen atoms in total. The van der Waals surface area contributed by atoms with Gasteiger partial charge >= 0.3 is 0 Å². The lowest BCUT2D eigenvalue weighted by Gasteiger charge is -2.17. The standard InChI is InChI=1S/C13H13F2NO/c1-17-12-7-6-11(13(14,15)8-16)9-4-2-3-5-10(9)12/h2-7H,8,16H2,1H3. The maximum absolute atomic E-state index is 13.7. The zero-order valence-corrected chi connectivity index (χ0v) is 9.41. The van der Waals surface area contributed by atoms with Crippen LogP contribution in [0.15, 0.2) is 36.4 Å². The van der Waals surface area contributed by atoms with Crippen LogP contribution in [0.1, 0.15) is 5.56 Å². The van der Waals surface area contributed by atoms with Crippen LogP contribution in [0.2, 0.25) is 0 Å². The highest BCUT2D eigenvalue weighted by Crippen LogP contribution is 2.36. The minimum absolute atomic E-state index is 0.0589. The molecule has 90 valence electrons. The maximum atomic E-state index is 13.7. The van der Waals surface area contributed by atoms with Crippen LogP contribution in [0.5, 0.6) is 5.75 Å². The number of halogens is 2. The molecule has 0 aliphatic rings. The highest BCUT2D eigenvalue weighted by Gasteiger charge is 2.31. The second-order valence-corrected chi connectivity index (χ2v) is 3.77. The summed E-state index contributed by atoms with van der Waals surface area (Å²) in [5, 5.41) is 1.14. The molecule has 0 atom stereocenters. The fourth-order valence-corrected chi connectivity index (χ4v) is 1.88. The number of fused-ring (bicyclic) bond motifs is 1. The molecule has 0 aliphatic heterocycles. The van der Waals surface area contributed by atoms with Gasteiger partial charge < -0.3 is 10.5 Å². The van der Waals surface area contributed by atoms with Crippen molar-refractivity contribution in [2.45, 2.75) is 5.92 Å². The van der Waals surface area contributed by atoms with E-state index in [1.165, 1.54) is 13.2 Å². The summed E-state index contributed by atoms with van der Waals surface area (Å²) in [6, 6.07) is 9.82. The van der Waals surface area contributed by atoms with Crippen molar-refractivity contribution in [3.8, 4) is 5.75 Å². The van der Waals surface area contributed by atoms with Crippen molar-refractivity contribution in [3.05, 3.63) is 42.0 Å². The Morgan fingerprint density at radius 3 is 2.35 bits per heavy atom. The molecule has 0 heterocycles. The van der Waals surface area contributed by atoms with E-state index in [1.807, 2.05) is 0 Å². The van der Waals surface area contributed by atoms with Gasteiger partial charge in [0.25, 0.3) is 5.92 Å². The van der Waals surface area contributed by atoms with Crippen molar-refractivity contribution in [2.24, 2.45) is 5.73 Å². The van der Waals surface area contributed by atoms with Gasteiger partial charge in [-0.2, -0.15) is 8.78 Å². The van der Waals surface area contributed by atoms with Crippen LogP contribution in [-0.2, 0) is 5.92 Å². The fraction of sp³-hybridized carbons (Fsp3) is 0.231. The van der Waals surface area contributed by atoms with Gasteiger partial charge in [-0.15, -0.1) is 0 Å². The molecule has 0 unspecified atom stereocenters. The highest BCUT2D eigenvalue weighted by atomic mass is 19.3. The van der Waals surface area contributed by atoms with Crippen molar-refractivity contribution >= 4 is 10.8 Å². The number of rotatable bonds is 3. The Morgan fingerprint density at radius 1 is 1.12 bits per heavy atom. The molecule has 0 fully saturated rings. The fourth-order valence-electron chi connectivity index (χ4n) is 1.88. The third-order valence-corrected chi connectivity index (χ3v) is 2.75. The van der Waals surface area contributed by atoms with Crippen molar-refractivity contribution in [1.82, 2.24) is 0 Å². The van der Waals surface area contributed by atoms with E-state index in [0.717, 1.165) is 0 Å². The van der Waals surface area contributed by atoms with Gasteiger partial charge in [-0.25, -0.2) is 0 Å². The minimum atomic E-state index is -3.02. The molecule has 4 heteroatoms. The molecule has 17 heavy (non-hydrogen) atoms. The molecule has 0 spiro atoms. The molecule has 0 aliphatic carbocycles. The van der Waals surface area contributed by atoms with Gasteiger partial charge in [0.1, 0.15) is 5.75 Å². The van der Waals surface area contributed by atoms with Gasteiger partial charge in [0.15, 0.2) is 0 Å². The molecule has 2 rings (SSSR count). The van der Waals surface area contributed by atoms with E-state index in [1.54, 1.807) is 30.3 Å². The first kappa shape index (κ1) is 11.8. The first-order valence-electron chi connectivity index (χ1n) is 5.24. The largest absolute Gasteiger partial charge is 0.496 e. The lowest BCUT2D eigenvalue weighted by atomic mass is 9.99. The lowest BCUT2D eigenvalue weighted by Crippen LogP contribution is -2.25. The first-order valence-corrected chi connectivity index (χ1v) is 5.24. The molecular formula is C13H13F2NO. The van der Waals surface area contributed by atoms with E-state index in [4.69, 9.17) is 10.5 Å². The van der Waals surface area contributed by atoms with Gasteiger partial charge in [0.05, 0.1) is 13.7 Å². The van der Waals surface area contributed by atoms with Crippen LogP contribution in [-0.4, -0.2) is 13.7 Å². The predicted octanol–water partition coefficient (Wildman–Crippen LogP) is 2.90. The van der Waals surface area contributed by atoms with Crippen molar-refractivity contribution in [2.75, 3.05) is 13.7 Å². The number of nitrogens with two attached hydrogens (primary N) is 1. The molecule has 0 saturated heterocycles. The van der Waals surface area contributed by atoms with Crippen LogP contribution in [0, 0.1) is 0 Å². The summed E-state index contributed by atoms with van der Waals surface area (Å²) in [4.78, 5) is 0. The van der Waals surface area contributed by atoms with E-state index in [0.29, 0.717) is 16.5 Å². The van der Waals surface area contributed by atoms with Crippen LogP contribution >= 0.6 is 0 Å². The second kappa shape index (κ2) is 4.30. The van der Waals surface area contributed by atoms with E-state index < -0.39 is 12.5 Å². The number of methoxy groups -OCH3 is 1. The smallest absolute Gasteiger partial charge is 0.285 e. The SMILES string of the molecule is COc1ccc(C(F)(F)CN)c2ccccc12. The predicted molar refractivity (Wildman–Crippen MR) is 63.4 cm³/mol. The summed E-state index contributed by atoms with van der Waals surface area (Å²) < 4.78 is 32.5. The minimum Gasteiger partial charge on any atom is -0.496 e. The summed E-state index contributed by atoms with van der Waals surface area (Å²) in [5.41, 5.74) is 5.06. The Balaban J connectivity index is 2.75. The van der Waals surface area contributed by atoms with Gasteiger partial charge in [0.2, 0.25) is 0 Å². The summed E-state index contributed by atoms with van der Waals surface area (Å²) >= 11 is 0. The van der Waals surface area contributed by atoms with Crippen LogP contribution in [0.3, 0.4) is 0 Å². The van der Waals surface area contributed by atoms with Crippen molar-refractivity contribution < 1.29 is 13.5 Å². The monoisotopic (exact) mass is 237 g/mol. The number of ether oxygens (including phenoxy) is 1. The lowest BCUT2D eigenvalue weighted by molar-refractivity contribution is 0.00751. The summed E-state index contributed by atoms with van der Waals surface area (Å²) in [7, 11) is 1.52. The number of benzene rings is 2. The quantitative estimate of drug-likeness (QED) is 0.890. The molecule has 0 aromatic heterocycles. The number of alkyl halides is 2. The molecule has 2 aromatic rings. The van der Waals surface area contributed by atoms with E-state index in [9.17, 15) is 8.78 Å².